The molecule has 0 heterocycles. The molecule has 0 aromatic heterocycles. The van der Waals surface area contributed by atoms with Gasteiger partial charge in [0.1, 0.15) is 0 Å². The van der Waals surface area contributed by atoms with Crippen molar-refractivity contribution in [1.29, 1.82) is 0 Å². The molecule has 0 bridgehead atoms. The van der Waals surface area contributed by atoms with Crippen molar-refractivity contribution in [3.05, 3.63) is 0 Å². The number of hydrogen-bond acceptors (Lipinski definition) is 1. The van der Waals surface area contributed by atoms with Crippen LogP contribution in [0.3, 0.4) is 0 Å². The first kappa shape index (κ1) is 33.2. The van der Waals surface area contributed by atoms with Crippen molar-refractivity contribution >= 4 is 24.8 Å². The fourth-order valence-corrected chi connectivity index (χ4v) is 4.42. The molecule has 0 saturated heterocycles. The summed E-state index contributed by atoms with van der Waals surface area (Å²) in [6.07, 6.45) is 35.0. The van der Waals surface area contributed by atoms with Crippen molar-refractivity contribution in [2.45, 2.75) is 174 Å². The van der Waals surface area contributed by atoms with Gasteiger partial charge in [-0.05, 0) is 6.42 Å². The summed E-state index contributed by atoms with van der Waals surface area (Å²) in [4.78, 5) is 10.4. The maximum absolute atomic E-state index is 10.4. The maximum atomic E-state index is 10.4. The maximum Gasteiger partial charge on any atom is 0.303 e. The minimum absolute atomic E-state index is 0. The molecule has 0 fully saturated rings. The van der Waals surface area contributed by atoms with Gasteiger partial charge in [0.05, 0.1) is 0 Å². The second kappa shape index (κ2) is 30.1. The van der Waals surface area contributed by atoms with E-state index in [0.717, 1.165) is 12.8 Å². The molecule has 0 aromatic rings. The van der Waals surface area contributed by atoms with Crippen LogP contribution in [0, 0.1) is 0 Å². The van der Waals surface area contributed by atoms with Gasteiger partial charge in [-0.25, -0.2) is 0 Å². The van der Waals surface area contributed by atoms with Crippen molar-refractivity contribution in [3.8, 4) is 0 Å². The molecule has 0 spiro atoms. The van der Waals surface area contributed by atoms with E-state index in [2.05, 4.69) is 6.92 Å². The molecular formula is C28H56LiO2. The average molecular weight is 432 g/mol. The summed E-state index contributed by atoms with van der Waals surface area (Å²) >= 11 is 0. The largest absolute Gasteiger partial charge is 0.481 e. The van der Waals surface area contributed by atoms with Crippen molar-refractivity contribution in [2.24, 2.45) is 0 Å². The summed E-state index contributed by atoms with van der Waals surface area (Å²) in [5, 5.41) is 8.60. The number of aliphatic carboxylic acids is 1. The van der Waals surface area contributed by atoms with E-state index in [-0.39, 0.29) is 18.9 Å². The smallest absolute Gasteiger partial charge is 0.303 e. The third-order valence-electron chi connectivity index (χ3n) is 6.49. The zero-order valence-corrected chi connectivity index (χ0v) is 21.7. The van der Waals surface area contributed by atoms with Gasteiger partial charge in [0.15, 0.2) is 0 Å². The van der Waals surface area contributed by atoms with E-state index in [1.165, 1.54) is 148 Å². The minimum atomic E-state index is -0.649. The third-order valence-corrected chi connectivity index (χ3v) is 6.49. The summed E-state index contributed by atoms with van der Waals surface area (Å²) in [5.41, 5.74) is 0. The molecule has 0 amide bonds. The van der Waals surface area contributed by atoms with E-state index in [0.29, 0.717) is 6.42 Å². The number of rotatable bonds is 26. The quantitative estimate of drug-likeness (QED) is 0.109. The summed E-state index contributed by atoms with van der Waals surface area (Å²) < 4.78 is 0. The normalized spacial score (nSPS) is 10.9. The third kappa shape index (κ3) is 32.3. The second-order valence-corrected chi connectivity index (χ2v) is 9.63. The summed E-state index contributed by atoms with van der Waals surface area (Å²) in [6.45, 7) is 2.29. The number of carboxylic acids is 1. The number of unbranched alkanes of at least 4 members (excludes halogenated alkanes) is 24. The van der Waals surface area contributed by atoms with E-state index in [9.17, 15) is 4.79 Å². The number of carbonyl (C=O) groups is 1. The fraction of sp³-hybridized carbons (Fsp3) is 0.964. The molecule has 0 aliphatic rings. The van der Waals surface area contributed by atoms with Crippen LogP contribution in [0.2, 0.25) is 0 Å². The topological polar surface area (TPSA) is 37.3 Å². The first-order chi connectivity index (χ1) is 14.8. The van der Waals surface area contributed by atoms with Crippen LogP contribution in [-0.2, 0) is 4.79 Å². The molecule has 0 unspecified atom stereocenters. The molecule has 0 aliphatic carbocycles. The van der Waals surface area contributed by atoms with Crippen LogP contribution in [-0.4, -0.2) is 29.9 Å². The predicted octanol–water partition coefficient (Wildman–Crippen LogP) is 9.85. The van der Waals surface area contributed by atoms with Crippen molar-refractivity contribution in [2.75, 3.05) is 0 Å². The summed E-state index contributed by atoms with van der Waals surface area (Å²) in [7, 11) is 0. The van der Waals surface area contributed by atoms with Gasteiger partial charge in [0.25, 0.3) is 0 Å². The number of hydrogen-bond donors (Lipinski definition) is 1. The Hall–Kier alpha value is 0.0674. The van der Waals surface area contributed by atoms with Gasteiger partial charge in [0.2, 0.25) is 0 Å². The second-order valence-electron chi connectivity index (χ2n) is 9.63. The van der Waals surface area contributed by atoms with Gasteiger partial charge in [-0.1, -0.05) is 161 Å². The van der Waals surface area contributed by atoms with Crippen LogP contribution in [0.5, 0.6) is 0 Å². The van der Waals surface area contributed by atoms with Gasteiger partial charge in [-0.3, -0.25) is 4.79 Å². The summed E-state index contributed by atoms with van der Waals surface area (Å²) in [5.74, 6) is -0.649. The summed E-state index contributed by atoms with van der Waals surface area (Å²) in [6, 6.07) is 0. The standard InChI is InChI=1S/C28H56O2.Li/c1-2-3-4-5-6-7-8-9-10-11-12-13-14-15-16-17-18-19-20-21-22-23-24-25-26-27-28(29)30;/h2-27H2,1H3,(H,29,30);. The zero-order chi connectivity index (χ0) is 22.0. The molecule has 0 aromatic carbocycles. The Bertz CT molecular complexity index is 333. The van der Waals surface area contributed by atoms with Crippen LogP contribution in [0.15, 0.2) is 0 Å². The first-order valence-electron chi connectivity index (χ1n) is 14.0. The van der Waals surface area contributed by atoms with Crippen molar-refractivity contribution in [1.82, 2.24) is 0 Å². The Kier molecular flexibility index (Phi) is 32.2. The van der Waals surface area contributed by atoms with Gasteiger partial charge in [-0.15, -0.1) is 0 Å². The van der Waals surface area contributed by atoms with Gasteiger partial charge in [-0.2, -0.15) is 0 Å². The van der Waals surface area contributed by atoms with Crippen LogP contribution < -0.4 is 0 Å². The predicted molar refractivity (Wildman–Crippen MR) is 139 cm³/mol. The Morgan fingerprint density at radius 2 is 0.613 bits per heavy atom. The molecule has 0 saturated carbocycles. The van der Waals surface area contributed by atoms with Gasteiger partial charge < -0.3 is 5.11 Å². The van der Waals surface area contributed by atoms with Crippen LogP contribution in [0.25, 0.3) is 0 Å². The molecule has 1 radical (unpaired) electrons. The molecule has 1 N–H and O–H groups in total. The Morgan fingerprint density at radius 3 is 0.806 bits per heavy atom. The Labute approximate surface area is 208 Å². The van der Waals surface area contributed by atoms with Crippen LogP contribution in [0.4, 0.5) is 0 Å². The number of carboxylic acid groups (broad SMARTS) is 1. The Balaban J connectivity index is 0. The van der Waals surface area contributed by atoms with Gasteiger partial charge in [0, 0.05) is 25.3 Å². The van der Waals surface area contributed by atoms with E-state index < -0.39 is 5.97 Å². The SMILES string of the molecule is CCCCCCCCCCCCCCCCCCCCCCCCCCCC(=O)O.[Li]. The molecule has 0 aliphatic heterocycles. The molecular weight excluding hydrogens is 375 g/mol. The van der Waals surface area contributed by atoms with Crippen molar-refractivity contribution < 1.29 is 9.90 Å². The minimum Gasteiger partial charge on any atom is -0.481 e. The monoisotopic (exact) mass is 431 g/mol. The van der Waals surface area contributed by atoms with E-state index >= 15 is 0 Å². The molecule has 3 heteroatoms. The van der Waals surface area contributed by atoms with E-state index in [1.807, 2.05) is 0 Å². The molecule has 31 heavy (non-hydrogen) atoms. The van der Waals surface area contributed by atoms with Crippen LogP contribution >= 0.6 is 0 Å². The van der Waals surface area contributed by atoms with E-state index in [4.69, 9.17) is 5.11 Å². The fourth-order valence-electron chi connectivity index (χ4n) is 4.42. The first-order valence-corrected chi connectivity index (χ1v) is 14.0. The average Bonchev–Trinajstić information content (AvgIpc) is 2.73. The zero-order valence-electron chi connectivity index (χ0n) is 21.7. The molecule has 181 valence electrons. The van der Waals surface area contributed by atoms with Crippen LogP contribution in [0.1, 0.15) is 174 Å². The molecule has 2 nitrogen and oxygen atoms in total. The molecule has 0 rings (SSSR count). The van der Waals surface area contributed by atoms with E-state index in [1.54, 1.807) is 0 Å². The van der Waals surface area contributed by atoms with Gasteiger partial charge >= 0.3 is 5.97 Å². The van der Waals surface area contributed by atoms with Crippen molar-refractivity contribution in [3.63, 3.8) is 0 Å². The molecule has 0 atom stereocenters. The Morgan fingerprint density at radius 1 is 0.419 bits per heavy atom.